The number of carbonyl (C=O) groups excluding carboxylic acids is 2. The molecule has 1 atom stereocenters. The average Bonchev–Trinajstić information content (AvgIpc) is 2.41. The molecule has 20 heavy (non-hydrogen) atoms. The van der Waals surface area contributed by atoms with Crippen LogP contribution in [-0.4, -0.2) is 29.6 Å². The lowest BCUT2D eigenvalue weighted by atomic mass is 10.1. The number of carbonyl (C=O) groups is 2. The van der Waals surface area contributed by atoms with Crippen LogP contribution in [0.4, 0.5) is 10.1 Å². The second-order valence-electron chi connectivity index (χ2n) is 4.34. The van der Waals surface area contributed by atoms with Crippen LogP contribution in [0.2, 0.25) is 0 Å². The summed E-state index contributed by atoms with van der Waals surface area (Å²) in [7, 11) is 0. The highest BCUT2D eigenvalue weighted by Crippen LogP contribution is 2.18. The molecule has 0 aromatic heterocycles. The molecule has 3 N–H and O–H groups in total. The van der Waals surface area contributed by atoms with Crippen LogP contribution in [0.5, 0.6) is 0 Å². The molecule has 0 aliphatic heterocycles. The fraction of sp³-hybridized carbons (Fsp3) is 0.429. The van der Waals surface area contributed by atoms with Gasteiger partial charge in [0.15, 0.2) is 0 Å². The van der Waals surface area contributed by atoms with Crippen molar-refractivity contribution in [2.75, 3.05) is 11.9 Å². The summed E-state index contributed by atoms with van der Waals surface area (Å²) in [5.41, 5.74) is 0.210. The van der Waals surface area contributed by atoms with E-state index in [0.29, 0.717) is 19.4 Å². The molecule has 1 rings (SSSR count). The number of rotatable bonds is 6. The molecule has 0 aliphatic rings. The first-order valence-electron chi connectivity index (χ1n) is 6.56. The Morgan fingerprint density at radius 1 is 1.35 bits per heavy atom. The lowest BCUT2D eigenvalue weighted by Gasteiger charge is -2.13. The van der Waals surface area contributed by atoms with Gasteiger partial charge < -0.3 is 15.7 Å². The van der Waals surface area contributed by atoms with Gasteiger partial charge in [0.25, 0.3) is 11.8 Å². The summed E-state index contributed by atoms with van der Waals surface area (Å²) < 4.78 is 13.2. The molecule has 1 aromatic carbocycles. The van der Waals surface area contributed by atoms with Gasteiger partial charge in [-0.1, -0.05) is 13.3 Å². The van der Waals surface area contributed by atoms with Crippen LogP contribution < -0.4 is 10.6 Å². The Labute approximate surface area is 117 Å². The lowest BCUT2D eigenvalue weighted by Crippen LogP contribution is -2.30. The first-order chi connectivity index (χ1) is 9.49. The first-order valence-corrected chi connectivity index (χ1v) is 6.56. The highest BCUT2D eigenvalue weighted by Gasteiger charge is 2.18. The fourth-order valence-electron chi connectivity index (χ4n) is 1.69. The van der Waals surface area contributed by atoms with Gasteiger partial charge in [0.05, 0.1) is 11.3 Å². The summed E-state index contributed by atoms with van der Waals surface area (Å²) in [6.45, 7) is 3.97. The van der Waals surface area contributed by atoms with E-state index in [-0.39, 0.29) is 11.3 Å². The highest BCUT2D eigenvalue weighted by atomic mass is 19.1. The van der Waals surface area contributed by atoms with E-state index in [1.807, 2.05) is 6.92 Å². The zero-order valence-corrected chi connectivity index (χ0v) is 11.6. The van der Waals surface area contributed by atoms with Crippen molar-refractivity contribution in [2.45, 2.75) is 32.8 Å². The molecule has 0 unspecified atom stereocenters. The van der Waals surface area contributed by atoms with Gasteiger partial charge in [-0.2, -0.15) is 0 Å². The molecule has 1 aromatic rings. The zero-order valence-electron chi connectivity index (χ0n) is 11.6. The van der Waals surface area contributed by atoms with Gasteiger partial charge in [-0.25, -0.2) is 4.39 Å². The monoisotopic (exact) mass is 282 g/mol. The summed E-state index contributed by atoms with van der Waals surface area (Å²) in [4.78, 5) is 23.5. The van der Waals surface area contributed by atoms with E-state index in [0.717, 1.165) is 12.1 Å². The quantitative estimate of drug-likeness (QED) is 0.742. The third-order valence-corrected chi connectivity index (χ3v) is 2.69. The third kappa shape index (κ3) is 4.31. The number of hydrogen-bond acceptors (Lipinski definition) is 3. The Morgan fingerprint density at radius 2 is 2.05 bits per heavy atom. The Bertz CT molecular complexity index is 491. The van der Waals surface area contributed by atoms with Crippen molar-refractivity contribution >= 4 is 17.5 Å². The molecule has 0 bridgehead atoms. The minimum atomic E-state index is -1.15. The molecule has 110 valence electrons. The molecule has 0 saturated heterocycles. The van der Waals surface area contributed by atoms with Crippen LogP contribution >= 0.6 is 0 Å². The second-order valence-corrected chi connectivity index (χ2v) is 4.34. The Kier molecular flexibility index (Phi) is 6.11. The van der Waals surface area contributed by atoms with E-state index >= 15 is 0 Å². The van der Waals surface area contributed by atoms with E-state index < -0.39 is 23.7 Å². The molecular weight excluding hydrogens is 263 g/mol. The van der Waals surface area contributed by atoms with Crippen LogP contribution in [0, 0.1) is 5.82 Å². The number of hydrogen-bond donors (Lipinski definition) is 3. The maximum Gasteiger partial charge on any atom is 0.253 e. The molecule has 0 heterocycles. The normalized spacial score (nSPS) is 11.8. The summed E-state index contributed by atoms with van der Waals surface area (Å²) in [6.07, 6.45) is -0.169. The molecule has 2 amide bonds. The van der Waals surface area contributed by atoms with Crippen molar-refractivity contribution in [3.63, 3.8) is 0 Å². The van der Waals surface area contributed by atoms with Gasteiger partial charge in [-0.05, 0) is 31.5 Å². The topological polar surface area (TPSA) is 78.4 Å². The average molecular weight is 282 g/mol. The minimum absolute atomic E-state index is 0.0314. The minimum Gasteiger partial charge on any atom is -0.383 e. The van der Waals surface area contributed by atoms with Crippen LogP contribution in [-0.2, 0) is 4.79 Å². The Morgan fingerprint density at radius 3 is 2.65 bits per heavy atom. The standard InChI is InChI=1S/C14H19FN2O3/c1-3-5-12(18)14(20)17-11-7-6-9(15)8-10(11)13(19)16-4-2/h6-8,12,18H,3-5H2,1-2H3,(H,16,19)(H,17,20)/t12-/m0/s1. The van der Waals surface area contributed by atoms with Crippen molar-refractivity contribution in [3.8, 4) is 0 Å². The van der Waals surface area contributed by atoms with Gasteiger partial charge >= 0.3 is 0 Å². The number of anilines is 1. The van der Waals surface area contributed by atoms with E-state index in [1.165, 1.54) is 6.07 Å². The van der Waals surface area contributed by atoms with Crippen molar-refractivity contribution in [3.05, 3.63) is 29.6 Å². The summed E-state index contributed by atoms with van der Waals surface area (Å²) >= 11 is 0. The lowest BCUT2D eigenvalue weighted by molar-refractivity contribution is -0.124. The molecule has 0 aliphatic carbocycles. The number of amides is 2. The molecule has 0 radical (unpaired) electrons. The Hall–Kier alpha value is -1.95. The maximum absolute atomic E-state index is 13.2. The first kappa shape index (κ1) is 16.1. The van der Waals surface area contributed by atoms with E-state index in [4.69, 9.17) is 0 Å². The zero-order chi connectivity index (χ0) is 15.1. The van der Waals surface area contributed by atoms with E-state index in [1.54, 1.807) is 6.92 Å². The smallest absolute Gasteiger partial charge is 0.253 e. The Balaban J connectivity index is 2.94. The number of benzene rings is 1. The summed E-state index contributed by atoms with van der Waals surface area (Å²) in [5, 5.41) is 14.6. The second kappa shape index (κ2) is 7.59. The van der Waals surface area contributed by atoms with Crippen LogP contribution in [0.3, 0.4) is 0 Å². The number of nitrogens with one attached hydrogen (secondary N) is 2. The van der Waals surface area contributed by atoms with Crippen LogP contribution in [0.25, 0.3) is 0 Å². The molecule has 0 fully saturated rings. The molecule has 6 heteroatoms. The highest BCUT2D eigenvalue weighted by molar-refractivity contribution is 6.04. The van der Waals surface area contributed by atoms with Gasteiger partial charge in [0, 0.05) is 6.54 Å². The molecular formula is C14H19FN2O3. The van der Waals surface area contributed by atoms with Gasteiger partial charge in [0.1, 0.15) is 11.9 Å². The maximum atomic E-state index is 13.2. The van der Waals surface area contributed by atoms with E-state index in [2.05, 4.69) is 10.6 Å². The summed E-state index contributed by atoms with van der Waals surface area (Å²) in [6, 6.07) is 3.49. The van der Waals surface area contributed by atoms with Crippen molar-refractivity contribution < 1.29 is 19.1 Å². The fourth-order valence-corrected chi connectivity index (χ4v) is 1.69. The van der Waals surface area contributed by atoms with Crippen LogP contribution in [0.15, 0.2) is 18.2 Å². The predicted octanol–water partition coefficient (Wildman–Crippen LogP) is 1.67. The summed E-state index contributed by atoms with van der Waals surface area (Å²) in [5.74, 6) is -1.66. The molecule has 5 nitrogen and oxygen atoms in total. The van der Waals surface area contributed by atoms with Crippen molar-refractivity contribution in [1.82, 2.24) is 5.32 Å². The number of halogens is 1. The number of aliphatic hydroxyl groups excluding tert-OH is 1. The molecule has 0 spiro atoms. The third-order valence-electron chi connectivity index (χ3n) is 2.69. The SMILES string of the molecule is CCC[C@H](O)C(=O)Nc1ccc(F)cc1C(=O)NCC. The predicted molar refractivity (Wildman–Crippen MR) is 74.0 cm³/mol. The van der Waals surface area contributed by atoms with Crippen molar-refractivity contribution in [1.29, 1.82) is 0 Å². The number of aliphatic hydroxyl groups is 1. The van der Waals surface area contributed by atoms with E-state index in [9.17, 15) is 19.1 Å². The van der Waals surface area contributed by atoms with Gasteiger partial charge in [-0.15, -0.1) is 0 Å². The molecule has 0 saturated carbocycles. The van der Waals surface area contributed by atoms with Crippen molar-refractivity contribution in [2.24, 2.45) is 0 Å². The largest absolute Gasteiger partial charge is 0.383 e. The van der Waals surface area contributed by atoms with Crippen LogP contribution in [0.1, 0.15) is 37.0 Å². The van der Waals surface area contributed by atoms with Gasteiger partial charge in [-0.3, -0.25) is 9.59 Å². The van der Waals surface area contributed by atoms with Gasteiger partial charge in [0.2, 0.25) is 0 Å².